The fourth-order valence-electron chi connectivity index (χ4n) is 3.38. The summed E-state index contributed by atoms with van der Waals surface area (Å²) in [5.74, 6) is 0.444. The molecule has 1 aliphatic carbocycles. The zero-order valence-electron chi connectivity index (χ0n) is 12.4. The fraction of sp³-hybridized carbons (Fsp3) is 0.333. The Kier molecular flexibility index (Phi) is 3.17. The smallest absolute Gasteiger partial charge is 0.119 e. The van der Waals surface area contributed by atoms with Gasteiger partial charge in [0.25, 0.3) is 0 Å². The normalized spacial score (nSPS) is 17.1. The van der Waals surface area contributed by atoms with Crippen molar-refractivity contribution in [3.05, 3.63) is 58.7 Å². The van der Waals surface area contributed by atoms with E-state index in [0.717, 1.165) is 18.4 Å². The third-order valence-electron chi connectivity index (χ3n) is 4.41. The molecule has 20 heavy (non-hydrogen) atoms. The van der Waals surface area contributed by atoms with Crippen LogP contribution < -0.4 is 4.90 Å². The zero-order valence-corrected chi connectivity index (χ0v) is 12.4. The maximum absolute atomic E-state index is 9.97. The van der Waals surface area contributed by atoms with Crippen LogP contribution in [0.3, 0.4) is 0 Å². The largest absolute Gasteiger partial charge is 0.508 e. The molecular formula is C18H21NO. The molecule has 0 aromatic heterocycles. The zero-order chi connectivity index (χ0) is 14.3. The van der Waals surface area contributed by atoms with E-state index in [2.05, 4.69) is 50.1 Å². The van der Waals surface area contributed by atoms with Gasteiger partial charge in [-0.3, -0.25) is 0 Å². The molecular weight excluding hydrogens is 246 g/mol. The van der Waals surface area contributed by atoms with Gasteiger partial charge in [0.05, 0.1) is 6.04 Å². The number of nitrogens with zero attached hydrogens (tertiary/aromatic N) is 1. The van der Waals surface area contributed by atoms with E-state index in [-0.39, 0.29) is 0 Å². The Morgan fingerprint density at radius 1 is 1.15 bits per heavy atom. The van der Waals surface area contributed by atoms with Gasteiger partial charge in [0.15, 0.2) is 0 Å². The Bertz CT molecular complexity index is 648. The minimum atomic E-state index is 0.360. The lowest BCUT2D eigenvalue weighted by Gasteiger charge is -2.29. The van der Waals surface area contributed by atoms with Gasteiger partial charge < -0.3 is 10.0 Å². The maximum atomic E-state index is 9.97. The highest BCUT2D eigenvalue weighted by Gasteiger charge is 2.28. The van der Waals surface area contributed by atoms with Crippen molar-refractivity contribution in [2.75, 3.05) is 11.9 Å². The van der Waals surface area contributed by atoms with E-state index < -0.39 is 0 Å². The van der Waals surface area contributed by atoms with Gasteiger partial charge in [0, 0.05) is 12.7 Å². The predicted molar refractivity (Wildman–Crippen MR) is 83.5 cm³/mol. The van der Waals surface area contributed by atoms with E-state index in [9.17, 15) is 5.11 Å². The Morgan fingerprint density at radius 3 is 2.70 bits per heavy atom. The number of phenolic OH excluding ortho intramolecular Hbond substituents is 1. The third kappa shape index (κ3) is 2.05. The third-order valence-corrected chi connectivity index (χ3v) is 4.41. The molecule has 0 amide bonds. The molecule has 0 saturated carbocycles. The van der Waals surface area contributed by atoms with Crippen molar-refractivity contribution in [3.8, 4) is 5.75 Å². The molecule has 2 aromatic rings. The molecule has 2 nitrogen and oxygen atoms in total. The van der Waals surface area contributed by atoms with Crippen LogP contribution in [0.15, 0.2) is 36.4 Å². The summed E-state index contributed by atoms with van der Waals surface area (Å²) in [6, 6.07) is 12.8. The number of hydrogen-bond donors (Lipinski definition) is 1. The van der Waals surface area contributed by atoms with Crippen molar-refractivity contribution in [2.45, 2.75) is 32.7 Å². The molecule has 0 bridgehead atoms. The van der Waals surface area contributed by atoms with Crippen LogP contribution in [0.4, 0.5) is 5.69 Å². The summed E-state index contributed by atoms with van der Waals surface area (Å²) in [4.78, 5) is 2.35. The van der Waals surface area contributed by atoms with Crippen LogP contribution in [0, 0.1) is 13.8 Å². The van der Waals surface area contributed by atoms with Crippen LogP contribution in [-0.2, 0) is 6.42 Å². The summed E-state index contributed by atoms with van der Waals surface area (Å²) in [7, 11) is 2.15. The summed E-state index contributed by atoms with van der Waals surface area (Å²) in [5.41, 5.74) is 6.27. The van der Waals surface area contributed by atoms with Crippen molar-refractivity contribution in [1.29, 1.82) is 0 Å². The number of aromatic hydroxyl groups is 1. The summed E-state index contributed by atoms with van der Waals surface area (Å²) in [6.07, 6.45) is 2.03. The van der Waals surface area contributed by atoms with Gasteiger partial charge >= 0.3 is 0 Å². The average Bonchev–Trinajstić information content (AvgIpc) is 2.83. The first kappa shape index (κ1) is 13.0. The topological polar surface area (TPSA) is 23.5 Å². The van der Waals surface area contributed by atoms with E-state index in [1.165, 1.54) is 22.4 Å². The van der Waals surface area contributed by atoms with Gasteiger partial charge in [-0.05, 0) is 55.5 Å². The second kappa shape index (κ2) is 4.86. The van der Waals surface area contributed by atoms with Crippen LogP contribution in [0.25, 0.3) is 0 Å². The van der Waals surface area contributed by atoms with Gasteiger partial charge in [0.1, 0.15) is 5.75 Å². The predicted octanol–water partition coefficient (Wildman–Crippen LogP) is 4.13. The highest BCUT2D eigenvalue weighted by Crippen LogP contribution is 2.41. The maximum Gasteiger partial charge on any atom is 0.119 e. The number of phenols is 1. The quantitative estimate of drug-likeness (QED) is 0.884. The number of benzene rings is 2. The summed E-state index contributed by atoms with van der Waals surface area (Å²) in [6.45, 7) is 4.29. The van der Waals surface area contributed by atoms with Crippen LogP contribution in [-0.4, -0.2) is 12.2 Å². The van der Waals surface area contributed by atoms with Crippen molar-refractivity contribution in [1.82, 2.24) is 0 Å². The lowest BCUT2D eigenvalue weighted by atomic mass is 10.0. The van der Waals surface area contributed by atoms with Crippen LogP contribution in [0.1, 0.15) is 34.7 Å². The van der Waals surface area contributed by atoms with E-state index in [1.807, 2.05) is 6.07 Å². The molecule has 0 saturated heterocycles. The molecule has 1 unspecified atom stereocenters. The van der Waals surface area contributed by atoms with Crippen molar-refractivity contribution in [2.24, 2.45) is 0 Å². The van der Waals surface area contributed by atoms with Crippen LogP contribution in [0.2, 0.25) is 0 Å². The van der Waals surface area contributed by atoms with E-state index in [0.29, 0.717) is 11.8 Å². The number of aryl methyl sites for hydroxylation is 2. The monoisotopic (exact) mass is 267 g/mol. The number of anilines is 1. The first-order valence-corrected chi connectivity index (χ1v) is 7.19. The molecule has 1 aliphatic rings. The second-order valence-electron chi connectivity index (χ2n) is 5.80. The van der Waals surface area contributed by atoms with Crippen LogP contribution >= 0.6 is 0 Å². The number of hydrogen-bond acceptors (Lipinski definition) is 2. The molecule has 0 spiro atoms. The Morgan fingerprint density at radius 2 is 1.95 bits per heavy atom. The Hall–Kier alpha value is -1.96. The van der Waals surface area contributed by atoms with E-state index in [4.69, 9.17) is 0 Å². The molecule has 1 atom stereocenters. The van der Waals surface area contributed by atoms with Gasteiger partial charge in [-0.1, -0.05) is 29.8 Å². The summed E-state index contributed by atoms with van der Waals surface area (Å²) >= 11 is 0. The molecule has 0 radical (unpaired) electrons. The summed E-state index contributed by atoms with van der Waals surface area (Å²) in [5, 5.41) is 9.97. The minimum Gasteiger partial charge on any atom is -0.508 e. The lowest BCUT2D eigenvalue weighted by Crippen LogP contribution is -2.23. The fourth-order valence-corrected chi connectivity index (χ4v) is 3.38. The highest BCUT2D eigenvalue weighted by atomic mass is 16.3. The van der Waals surface area contributed by atoms with Crippen LogP contribution in [0.5, 0.6) is 5.75 Å². The Labute approximate surface area is 120 Å². The molecule has 104 valence electrons. The second-order valence-corrected chi connectivity index (χ2v) is 5.80. The molecule has 2 heteroatoms. The van der Waals surface area contributed by atoms with Crippen molar-refractivity contribution >= 4 is 5.69 Å². The first-order chi connectivity index (χ1) is 9.58. The van der Waals surface area contributed by atoms with Crippen molar-refractivity contribution in [3.63, 3.8) is 0 Å². The molecule has 1 N–H and O–H groups in total. The molecule has 0 fully saturated rings. The number of fused-ring (bicyclic) bond motifs is 1. The van der Waals surface area contributed by atoms with E-state index >= 15 is 0 Å². The molecule has 3 rings (SSSR count). The highest BCUT2D eigenvalue weighted by molar-refractivity contribution is 5.57. The summed E-state index contributed by atoms with van der Waals surface area (Å²) < 4.78 is 0. The van der Waals surface area contributed by atoms with Gasteiger partial charge in [-0.2, -0.15) is 0 Å². The molecule has 2 aromatic carbocycles. The Balaban J connectivity index is 1.97. The first-order valence-electron chi connectivity index (χ1n) is 7.19. The average molecular weight is 267 g/mol. The minimum absolute atomic E-state index is 0.360. The number of rotatable bonds is 2. The van der Waals surface area contributed by atoms with Gasteiger partial charge in [0.2, 0.25) is 0 Å². The van der Waals surface area contributed by atoms with E-state index in [1.54, 1.807) is 6.07 Å². The lowest BCUT2D eigenvalue weighted by molar-refractivity contribution is 0.469. The molecule has 0 aliphatic heterocycles. The SMILES string of the molecule is Cc1ccc(N(C)C2CCc3c(O)cccc32)c(C)c1. The van der Waals surface area contributed by atoms with Crippen molar-refractivity contribution < 1.29 is 5.11 Å². The molecule has 0 heterocycles. The standard InChI is InChI=1S/C18H21NO/c1-12-7-9-16(13(2)11-12)19(3)17-10-8-15-14(17)5-4-6-18(15)20/h4-7,9,11,17,20H,8,10H2,1-3H3. The van der Waals surface area contributed by atoms with Gasteiger partial charge in [-0.15, -0.1) is 0 Å². The van der Waals surface area contributed by atoms with Gasteiger partial charge in [-0.25, -0.2) is 0 Å².